The highest BCUT2D eigenvalue weighted by Gasteiger charge is 2.55. The fourth-order valence-corrected chi connectivity index (χ4v) is 3.06. The molecule has 0 spiro atoms. The van der Waals surface area contributed by atoms with Gasteiger partial charge in [0.25, 0.3) is 0 Å². The molecule has 0 saturated carbocycles. The molecule has 2 aliphatic heterocycles. The Kier molecular flexibility index (Phi) is 7.10. The third kappa shape index (κ3) is 4.38. The Morgan fingerprint density at radius 2 is 1.70 bits per heavy atom. The molecule has 1 amide bonds. The fraction of sp³-hybridized carbons (Fsp3) is 0.929. The normalized spacial score (nSPS) is 48.3. The third-order valence-corrected chi connectivity index (χ3v) is 4.58. The minimum absolute atomic E-state index is 0.586. The second kappa shape index (κ2) is 8.59. The molecule has 2 fully saturated rings. The number of rotatable bonds is 5. The quantitative estimate of drug-likeness (QED) is 0.197. The summed E-state index contributed by atoms with van der Waals surface area (Å²) in [7, 11) is 0. The van der Waals surface area contributed by atoms with Gasteiger partial charge in [-0.25, -0.2) is 0 Å². The van der Waals surface area contributed by atoms with Gasteiger partial charge in [0.15, 0.2) is 18.3 Å². The number of carbonyl (C=O) groups is 1. The van der Waals surface area contributed by atoms with E-state index in [0.717, 1.165) is 6.92 Å². The van der Waals surface area contributed by atoms with Gasteiger partial charge in [-0.05, 0) is 0 Å². The van der Waals surface area contributed by atoms with Crippen molar-refractivity contribution < 1.29 is 54.8 Å². The van der Waals surface area contributed by atoms with E-state index in [-0.39, 0.29) is 0 Å². The molecule has 13 heteroatoms. The van der Waals surface area contributed by atoms with Crippen molar-refractivity contribution in [2.75, 3.05) is 13.2 Å². The number of ether oxygens (including phenoxy) is 3. The number of nitrogens with two attached hydrogens (primary N) is 1. The lowest BCUT2D eigenvalue weighted by molar-refractivity contribution is -0.363. The number of hydrogen-bond donors (Lipinski definition) is 9. The molecule has 158 valence electrons. The van der Waals surface area contributed by atoms with Gasteiger partial charge in [-0.15, -0.1) is 0 Å². The highest BCUT2D eigenvalue weighted by atomic mass is 16.7. The van der Waals surface area contributed by atoms with E-state index in [9.17, 15) is 40.5 Å². The number of amides is 1. The Balaban J connectivity index is 2.22. The predicted molar refractivity (Wildman–Crippen MR) is 83.3 cm³/mol. The van der Waals surface area contributed by atoms with Crippen LogP contribution in [0.5, 0.6) is 0 Å². The molecule has 0 aliphatic carbocycles. The summed E-state index contributed by atoms with van der Waals surface area (Å²) in [5.74, 6) is -0.586. The van der Waals surface area contributed by atoms with Crippen LogP contribution in [0.4, 0.5) is 0 Å². The highest BCUT2D eigenvalue weighted by Crippen LogP contribution is 2.31. The Labute approximate surface area is 153 Å². The van der Waals surface area contributed by atoms with Crippen LogP contribution in [-0.2, 0) is 19.0 Å². The molecule has 10 N–H and O–H groups in total. The lowest BCUT2D eigenvalue weighted by Crippen LogP contribution is -2.73. The maximum atomic E-state index is 11.3. The van der Waals surface area contributed by atoms with E-state index in [0.29, 0.717) is 0 Å². The first-order valence-electron chi connectivity index (χ1n) is 8.23. The third-order valence-electron chi connectivity index (χ3n) is 4.58. The molecule has 0 radical (unpaired) electrons. The van der Waals surface area contributed by atoms with Crippen LogP contribution in [0, 0.1) is 0 Å². The second-order valence-electron chi connectivity index (χ2n) is 6.57. The van der Waals surface area contributed by atoms with E-state index < -0.39 is 80.1 Å². The standard InChI is InChI=1S/C14H26N2O11/c1-4(19)16-7-8(20)9(5(2-17)25-12(7)23)27-13-11(22)14(15,24)10(21)6(3-18)26-13/h5-13,17-18,20-24H,2-3,15H2,1H3,(H,16,19)/t5-,6-,7-,8-,9-,10+,11+,12-,13+,14+/m1/s1. The first kappa shape index (κ1) is 22.3. The van der Waals surface area contributed by atoms with E-state index in [1.165, 1.54) is 0 Å². The van der Waals surface area contributed by atoms with Gasteiger partial charge in [0, 0.05) is 6.92 Å². The fourth-order valence-electron chi connectivity index (χ4n) is 3.06. The molecule has 0 unspecified atom stereocenters. The van der Waals surface area contributed by atoms with Gasteiger partial charge < -0.3 is 55.3 Å². The predicted octanol–water partition coefficient (Wildman–Crippen LogP) is -5.97. The van der Waals surface area contributed by atoms with Crippen molar-refractivity contribution in [3.8, 4) is 0 Å². The molecule has 2 saturated heterocycles. The van der Waals surface area contributed by atoms with Crippen molar-refractivity contribution in [2.24, 2.45) is 5.73 Å². The summed E-state index contributed by atoms with van der Waals surface area (Å²) in [5, 5.41) is 71.4. The molecule has 2 aliphatic rings. The van der Waals surface area contributed by atoms with Crippen molar-refractivity contribution in [1.29, 1.82) is 0 Å². The van der Waals surface area contributed by atoms with Crippen LogP contribution in [0.25, 0.3) is 0 Å². The van der Waals surface area contributed by atoms with E-state index in [1.807, 2.05) is 0 Å². The van der Waals surface area contributed by atoms with Crippen LogP contribution in [0.3, 0.4) is 0 Å². The van der Waals surface area contributed by atoms with Crippen molar-refractivity contribution in [3.05, 3.63) is 0 Å². The van der Waals surface area contributed by atoms with Crippen molar-refractivity contribution >= 4 is 5.91 Å². The molecule has 0 bridgehead atoms. The molecule has 2 rings (SSSR count). The lowest BCUT2D eigenvalue weighted by Gasteiger charge is -2.48. The minimum atomic E-state index is -2.61. The van der Waals surface area contributed by atoms with E-state index in [4.69, 9.17) is 19.9 Å². The van der Waals surface area contributed by atoms with Gasteiger partial charge in [0.2, 0.25) is 5.91 Å². The first-order valence-corrected chi connectivity index (χ1v) is 8.23. The molecular weight excluding hydrogens is 372 g/mol. The largest absolute Gasteiger partial charge is 0.394 e. The maximum absolute atomic E-state index is 11.3. The Morgan fingerprint density at radius 3 is 2.22 bits per heavy atom. The van der Waals surface area contributed by atoms with Crippen LogP contribution in [0.15, 0.2) is 0 Å². The average Bonchev–Trinajstić information content (AvgIpc) is 2.61. The maximum Gasteiger partial charge on any atom is 0.217 e. The summed E-state index contributed by atoms with van der Waals surface area (Å²) < 4.78 is 15.7. The second-order valence-corrected chi connectivity index (χ2v) is 6.57. The number of carbonyl (C=O) groups excluding carboxylic acids is 1. The van der Waals surface area contributed by atoms with Crippen LogP contribution >= 0.6 is 0 Å². The zero-order chi connectivity index (χ0) is 20.5. The van der Waals surface area contributed by atoms with Gasteiger partial charge in [-0.3, -0.25) is 10.5 Å². The molecule has 2 heterocycles. The zero-order valence-electron chi connectivity index (χ0n) is 14.5. The molecule has 27 heavy (non-hydrogen) atoms. The van der Waals surface area contributed by atoms with E-state index >= 15 is 0 Å². The van der Waals surface area contributed by atoms with E-state index in [1.54, 1.807) is 0 Å². The first-order chi connectivity index (χ1) is 12.5. The summed E-state index contributed by atoms with van der Waals surface area (Å²) in [6.07, 6.45) is -13.0. The van der Waals surface area contributed by atoms with E-state index in [2.05, 4.69) is 5.32 Å². The van der Waals surface area contributed by atoms with Gasteiger partial charge >= 0.3 is 0 Å². The Morgan fingerprint density at radius 1 is 1.11 bits per heavy atom. The highest BCUT2D eigenvalue weighted by molar-refractivity contribution is 5.73. The summed E-state index contributed by atoms with van der Waals surface area (Å²) >= 11 is 0. The van der Waals surface area contributed by atoms with Crippen molar-refractivity contribution in [1.82, 2.24) is 5.32 Å². The van der Waals surface area contributed by atoms with Gasteiger partial charge in [0.1, 0.15) is 42.7 Å². The van der Waals surface area contributed by atoms with Crippen LogP contribution < -0.4 is 11.1 Å². The molecule has 13 nitrogen and oxygen atoms in total. The number of hydrogen-bond acceptors (Lipinski definition) is 12. The van der Waals surface area contributed by atoms with Gasteiger partial charge in [-0.1, -0.05) is 0 Å². The molecule has 0 aromatic rings. The summed E-state index contributed by atoms with van der Waals surface area (Å²) in [4.78, 5) is 11.3. The Hall–Kier alpha value is -0.970. The number of nitrogens with one attached hydrogen (secondary N) is 1. The summed E-state index contributed by atoms with van der Waals surface area (Å²) in [6.45, 7) is -0.343. The SMILES string of the molecule is CC(=O)N[C@@H]1[C@@H](O)[C@H](O[C@@H]2O[C@H](CO)[C@H](O)[C@](N)(O)[C@H]2O)[C@@H](CO)O[C@H]1O. The molecular formula is C14H26N2O11. The summed E-state index contributed by atoms with van der Waals surface area (Å²) in [5.41, 5.74) is 2.88. The smallest absolute Gasteiger partial charge is 0.217 e. The molecule has 0 aromatic heterocycles. The van der Waals surface area contributed by atoms with Crippen molar-refractivity contribution in [2.45, 2.75) is 67.9 Å². The topological polar surface area (TPSA) is 224 Å². The average molecular weight is 398 g/mol. The number of aliphatic hydroxyl groups excluding tert-OH is 6. The van der Waals surface area contributed by atoms with Crippen LogP contribution in [-0.4, -0.2) is 116 Å². The zero-order valence-corrected chi connectivity index (χ0v) is 14.5. The lowest BCUT2D eigenvalue weighted by atomic mass is 9.92. The monoisotopic (exact) mass is 398 g/mol. The Bertz CT molecular complexity index is 521. The van der Waals surface area contributed by atoms with Gasteiger partial charge in [-0.2, -0.15) is 0 Å². The molecule has 0 aromatic carbocycles. The molecule has 10 atom stereocenters. The minimum Gasteiger partial charge on any atom is -0.394 e. The van der Waals surface area contributed by atoms with Crippen LogP contribution in [0.2, 0.25) is 0 Å². The van der Waals surface area contributed by atoms with Crippen LogP contribution in [0.1, 0.15) is 6.92 Å². The number of aliphatic hydroxyl groups is 7. The van der Waals surface area contributed by atoms with Gasteiger partial charge in [0.05, 0.1) is 13.2 Å². The summed E-state index contributed by atoms with van der Waals surface area (Å²) in [6, 6.07) is -1.33. The van der Waals surface area contributed by atoms with Crippen molar-refractivity contribution in [3.63, 3.8) is 0 Å².